The molecule has 1 aliphatic carbocycles. The molecular formula is C24H27N3O3S. The lowest BCUT2D eigenvalue weighted by Gasteiger charge is -2.28. The van der Waals surface area contributed by atoms with E-state index in [9.17, 15) is 9.59 Å². The molecule has 2 N–H and O–H groups in total. The van der Waals surface area contributed by atoms with Gasteiger partial charge in [-0.3, -0.25) is 14.2 Å². The molecule has 3 aromatic rings. The number of nitrogens with one attached hydrogen (secondary N) is 2. The summed E-state index contributed by atoms with van der Waals surface area (Å²) in [5.74, 6) is 1.28. The van der Waals surface area contributed by atoms with Gasteiger partial charge in [0.25, 0.3) is 5.56 Å². The lowest BCUT2D eigenvalue weighted by atomic mass is 9.81. The van der Waals surface area contributed by atoms with Crippen LogP contribution in [-0.4, -0.2) is 22.6 Å². The number of methoxy groups -OCH3 is 1. The minimum absolute atomic E-state index is 0.0253. The molecule has 1 heterocycles. The molecule has 1 saturated carbocycles. The Morgan fingerprint density at radius 3 is 2.55 bits per heavy atom. The van der Waals surface area contributed by atoms with Gasteiger partial charge in [-0.15, -0.1) is 0 Å². The van der Waals surface area contributed by atoms with Gasteiger partial charge in [0, 0.05) is 19.0 Å². The van der Waals surface area contributed by atoms with Crippen molar-refractivity contribution in [2.75, 3.05) is 7.11 Å². The molecule has 0 saturated heterocycles. The number of amides is 1. The molecule has 0 unspecified atom stereocenters. The van der Waals surface area contributed by atoms with Gasteiger partial charge in [0.05, 0.1) is 18.0 Å². The lowest BCUT2D eigenvalue weighted by molar-refractivity contribution is -0.126. The molecule has 31 heavy (non-hydrogen) atoms. The largest absolute Gasteiger partial charge is 0.497 e. The van der Waals surface area contributed by atoms with E-state index in [1.165, 1.54) is 0 Å². The Morgan fingerprint density at radius 1 is 1.13 bits per heavy atom. The third kappa shape index (κ3) is 4.88. The molecule has 7 heteroatoms. The van der Waals surface area contributed by atoms with Crippen LogP contribution in [0.1, 0.15) is 31.2 Å². The van der Waals surface area contributed by atoms with Gasteiger partial charge < -0.3 is 15.0 Å². The van der Waals surface area contributed by atoms with Crippen molar-refractivity contribution in [1.29, 1.82) is 0 Å². The van der Waals surface area contributed by atoms with Crippen molar-refractivity contribution < 1.29 is 9.53 Å². The Hall–Kier alpha value is -2.93. The van der Waals surface area contributed by atoms with Gasteiger partial charge in [0.1, 0.15) is 5.75 Å². The number of aromatic amines is 1. The first-order valence-electron chi connectivity index (χ1n) is 10.7. The molecule has 0 atom stereocenters. The number of para-hydroxylation sites is 1. The molecule has 0 aliphatic heterocycles. The lowest BCUT2D eigenvalue weighted by Crippen LogP contribution is -2.34. The second-order valence-electron chi connectivity index (χ2n) is 8.18. The first-order chi connectivity index (χ1) is 15.0. The third-order valence-electron chi connectivity index (χ3n) is 6.17. The predicted molar refractivity (Wildman–Crippen MR) is 124 cm³/mol. The van der Waals surface area contributed by atoms with Crippen LogP contribution in [-0.2, 0) is 17.9 Å². The van der Waals surface area contributed by atoms with E-state index < -0.39 is 0 Å². The summed E-state index contributed by atoms with van der Waals surface area (Å²) < 4.78 is 7.30. The topological polar surface area (TPSA) is 76.1 Å². The first-order valence-corrected chi connectivity index (χ1v) is 11.1. The van der Waals surface area contributed by atoms with Crippen LogP contribution in [0, 0.1) is 16.6 Å². The van der Waals surface area contributed by atoms with Crippen molar-refractivity contribution in [3.63, 3.8) is 0 Å². The first kappa shape index (κ1) is 21.3. The van der Waals surface area contributed by atoms with Crippen LogP contribution >= 0.6 is 12.2 Å². The fraction of sp³-hybridized carbons (Fsp3) is 0.375. The van der Waals surface area contributed by atoms with E-state index in [4.69, 9.17) is 17.0 Å². The molecule has 1 amide bonds. The molecule has 162 valence electrons. The number of H-pyrrole nitrogens is 1. The average Bonchev–Trinajstić information content (AvgIpc) is 2.81. The van der Waals surface area contributed by atoms with E-state index in [-0.39, 0.29) is 17.4 Å². The smallest absolute Gasteiger partial charge is 0.262 e. The van der Waals surface area contributed by atoms with Gasteiger partial charge in [-0.05, 0) is 73.6 Å². The highest BCUT2D eigenvalue weighted by Crippen LogP contribution is 2.30. The van der Waals surface area contributed by atoms with Gasteiger partial charge in [-0.2, -0.15) is 0 Å². The van der Waals surface area contributed by atoms with Crippen molar-refractivity contribution in [3.8, 4) is 5.75 Å². The number of fused-ring (bicyclic) bond motifs is 1. The maximum absolute atomic E-state index is 12.9. The highest BCUT2D eigenvalue weighted by Gasteiger charge is 2.26. The summed E-state index contributed by atoms with van der Waals surface area (Å²) in [5.41, 5.74) is 1.78. The van der Waals surface area contributed by atoms with E-state index in [0.717, 1.165) is 42.5 Å². The highest BCUT2D eigenvalue weighted by atomic mass is 32.1. The molecule has 6 nitrogen and oxygen atoms in total. The fourth-order valence-electron chi connectivity index (χ4n) is 4.31. The average molecular weight is 438 g/mol. The summed E-state index contributed by atoms with van der Waals surface area (Å²) in [7, 11) is 1.64. The standard InChI is InChI=1S/C24H27N3O3S/c1-30-19-12-8-16(9-13-19)14-25-22(28)18-10-6-17(7-11-18)15-27-23(29)20-4-2-3-5-21(20)26-24(27)31/h2-5,8-9,12-13,17-18H,6-7,10-11,14-15H2,1H3,(H,25,28)(H,26,31). The van der Waals surface area contributed by atoms with Gasteiger partial charge in [-0.25, -0.2) is 0 Å². The van der Waals surface area contributed by atoms with Crippen molar-refractivity contribution in [2.45, 2.75) is 38.8 Å². The van der Waals surface area contributed by atoms with Crippen LogP contribution in [0.2, 0.25) is 0 Å². The number of carbonyl (C=O) groups excluding carboxylic acids is 1. The summed E-state index contributed by atoms with van der Waals surface area (Å²) in [6, 6.07) is 15.1. The Labute approximate surface area is 186 Å². The van der Waals surface area contributed by atoms with Gasteiger partial charge in [0.2, 0.25) is 5.91 Å². The van der Waals surface area contributed by atoms with E-state index >= 15 is 0 Å². The Bertz CT molecular complexity index is 1180. The zero-order valence-corrected chi connectivity index (χ0v) is 18.4. The van der Waals surface area contributed by atoms with E-state index in [1.54, 1.807) is 11.7 Å². The summed E-state index contributed by atoms with van der Waals surface area (Å²) in [6.07, 6.45) is 3.49. The van der Waals surface area contributed by atoms with Gasteiger partial charge in [0.15, 0.2) is 4.77 Å². The summed E-state index contributed by atoms with van der Waals surface area (Å²) in [4.78, 5) is 28.6. The summed E-state index contributed by atoms with van der Waals surface area (Å²) in [6.45, 7) is 1.11. The number of aromatic nitrogens is 2. The quantitative estimate of drug-likeness (QED) is 0.567. The third-order valence-corrected chi connectivity index (χ3v) is 6.50. The van der Waals surface area contributed by atoms with Crippen molar-refractivity contribution in [2.24, 2.45) is 11.8 Å². The summed E-state index contributed by atoms with van der Waals surface area (Å²) in [5, 5.41) is 3.71. The molecule has 0 bridgehead atoms. The number of rotatable bonds is 6. The molecular weight excluding hydrogens is 410 g/mol. The maximum Gasteiger partial charge on any atom is 0.262 e. The second kappa shape index (κ2) is 9.47. The van der Waals surface area contributed by atoms with Gasteiger partial charge >= 0.3 is 0 Å². The minimum Gasteiger partial charge on any atom is -0.497 e. The molecule has 1 fully saturated rings. The number of hydrogen-bond acceptors (Lipinski definition) is 4. The number of nitrogens with zero attached hydrogens (tertiary/aromatic N) is 1. The van der Waals surface area contributed by atoms with E-state index in [1.807, 2.05) is 48.5 Å². The van der Waals surface area contributed by atoms with E-state index in [2.05, 4.69) is 10.3 Å². The number of ether oxygens (including phenoxy) is 1. The SMILES string of the molecule is COc1ccc(CNC(=O)C2CCC(Cn3c(=S)[nH]c4ccccc4c3=O)CC2)cc1. The molecule has 0 radical (unpaired) electrons. The van der Waals surface area contributed by atoms with E-state index in [0.29, 0.717) is 29.2 Å². The summed E-state index contributed by atoms with van der Waals surface area (Å²) >= 11 is 5.43. The number of hydrogen-bond donors (Lipinski definition) is 2. The Morgan fingerprint density at radius 2 is 1.84 bits per heavy atom. The highest BCUT2D eigenvalue weighted by molar-refractivity contribution is 7.71. The van der Waals surface area contributed by atoms with Crippen LogP contribution in [0.4, 0.5) is 0 Å². The van der Waals surface area contributed by atoms with Gasteiger partial charge in [-0.1, -0.05) is 24.3 Å². The zero-order chi connectivity index (χ0) is 21.8. The van der Waals surface area contributed by atoms with Crippen molar-refractivity contribution in [3.05, 3.63) is 69.2 Å². The molecule has 1 aromatic heterocycles. The van der Waals surface area contributed by atoms with Crippen LogP contribution in [0.15, 0.2) is 53.3 Å². The molecule has 2 aromatic carbocycles. The molecule has 0 spiro atoms. The molecule has 1 aliphatic rings. The fourth-order valence-corrected chi connectivity index (χ4v) is 4.57. The van der Waals surface area contributed by atoms with Crippen molar-refractivity contribution >= 4 is 29.0 Å². The maximum atomic E-state index is 12.9. The predicted octanol–water partition coefficient (Wildman–Crippen LogP) is 4.19. The second-order valence-corrected chi connectivity index (χ2v) is 8.56. The van der Waals surface area contributed by atoms with Crippen LogP contribution in [0.25, 0.3) is 10.9 Å². The van der Waals surface area contributed by atoms with Crippen LogP contribution < -0.4 is 15.6 Å². The monoisotopic (exact) mass is 437 g/mol. The number of carbonyl (C=O) groups is 1. The zero-order valence-electron chi connectivity index (χ0n) is 17.6. The van der Waals surface area contributed by atoms with Crippen molar-refractivity contribution in [1.82, 2.24) is 14.9 Å². The Balaban J connectivity index is 1.32. The number of benzene rings is 2. The van der Waals surface area contributed by atoms with Crippen LogP contribution in [0.5, 0.6) is 5.75 Å². The molecule has 4 rings (SSSR count). The normalized spacial score (nSPS) is 18.6. The van der Waals surface area contributed by atoms with Crippen LogP contribution in [0.3, 0.4) is 0 Å². The minimum atomic E-state index is -0.0429. The Kier molecular flexibility index (Phi) is 6.51.